The molecule has 1 aliphatic heterocycles. The quantitative estimate of drug-likeness (QED) is 0.347. The summed E-state index contributed by atoms with van der Waals surface area (Å²) in [4.78, 5) is 31.9. The monoisotopic (exact) mass is 467 g/mol. The molecule has 1 unspecified atom stereocenters. The van der Waals surface area contributed by atoms with Crippen LogP contribution in [-0.4, -0.2) is 20.5 Å². The van der Waals surface area contributed by atoms with Crippen molar-refractivity contribution in [3.8, 4) is 0 Å². The smallest absolute Gasteiger partial charge is 0.258 e. The fourth-order valence-electron chi connectivity index (χ4n) is 3.59. The zero-order valence-electron chi connectivity index (χ0n) is 16.7. The van der Waals surface area contributed by atoms with Gasteiger partial charge in [-0.2, -0.15) is 5.10 Å². The van der Waals surface area contributed by atoms with Crippen LogP contribution in [0.3, 0.4) is 0 Å². The second-order valence-corrected chi connectivity index (χ2v) is 7.59. The maximum absolute atomic E-state index is 11.7. The van der Waals surface area contributed by atoms with E-state index in [0.717, 1.165) is 11.6 Å². The molecule has 166 valence electrons. The van der Waals surface area contributed by atoms with Crippen LogP contribution in [0.1, 0.15) is 23.6 Å². The maximum Gasteiger partial charge on any atom is 0.301 e. The van der Waals surface area contributed by atoms with E-state index in [1.165, 1.54) is 29.3 Å². The maximum atomic E-state index is 11.7. The van der Waals surface area contributed by atoms with Crippen LogP contribution in [0.4, 0.5) is 22.7 Å². The Kier molecular flexibility index (Phi) is 5.71. The van der Waals surface area contributed by atoms with E-state index in [1.54, 1.807) is 36.4 Å². The standard InChI is InChI=1S/C21H14ClN5O6/c22-15-5-1-13(2-6-15)18-12-20(14-3-7-16(8-4-14)25(28)29)24(23-18)19-10-9-17(26(30)31)11-21(19)27(32)33/h1-11,20H,12H2. The molecule has 0 amide bonds. The summed E-state index contributed by atoms with van der Waals surface area (Å²) >= 11 is 5.97. The van der Waals surface area contributed by atoms with Gasteiger partial charge in [-0.05, 0) is 29.3 Å². The first-order chi connectivity index (χ1) is 15.7. The number of anilines is 1. The highest BCUT2D eigenvalue weighted by Gasteiger charge is 2.35. The minimum atomic E-state index is -0.711. The van der Waals surface area contributed by atoms with Crippen LogP contribution in [-0.2, 0) is 0 Å². The molecule has 3 aromatic rings. The number of nitrogens with zero attached hydrogens (tertiary/aromatic N) is 5. The molecule has 0 bridgehead atoms. The van der Waals surface area contributed by atoms with E-state index in [0.29, 0.717) is 22.7 Å². The van der Waals surface area contributed by atoms with Crippen molar-refractivity contribution >= 4 is 40.1 Å². The van der Waals surface area contributed by atoms with Crippen LogP contribution < -0.4 is 5.01 Å². The highest BCUT2D eigenvalue weighted by Crippen LogP contribution is 2.42. The number of hydrogen-bond donors (Lipinski definition) is 0. The lowest BCUT2D eigenvalue weighted by Gasteiger charge is -2.23. The third-order valence-corrected chi connectivity index (χ3v) is 5.44. The average Bonchev–Trinajstić information content (AvgIpc) is 3.24. The Bertz CT molecular complexity index is 1290. The van der Waals surface area contributed by atoms with Gasteiger partial charge >= 0.3 is 5.69 Å². The van der Waals surface area contributed by atoms with Crippen molar-refractivity contribution in [1.29, 1.82) is 0 Å². The molecule has 1 atom stereocenters. The first-order valence-electron chi connectivity index (χ1n) is 9.54. The first kappa shape index (κ1) is 21.8. The summed E-state index contributed by atoms with van der Waals surface area (Å²) in [6.07, 6.45) is 0.341. The number of hydrogen-bond acceptors (Lipinski definition) is 8. The average molecular weight is 468 g/mol. The van der Waals surface area contributed by atoms with Crippen molar-refractivity contribution in [2.45, 2.75) is 12.5 Å². The molecule has 0 aliphatic carbocycles. The Morgan fingerprint density at radius 1 is 0.818 bits per heavy atom. The van der Waals surface area contributed by atoms with Crippen LogP contribution in [0.15, 0.2) is 71.8 Å². The van der Waals surface area contributed by atoms with E-state index in [-0.39, 0.29) is 11.4 Å². The topological polar surface area (TPSA) is 145 Å². The number of rotatable bonds is 6. The fourth-order valence-corrected chi connectivity index (χ4v) is 3.72. The van der Waals surface area contributed by atoms with E-state index < -0.39 is 32.2 Å². The minimum Gasteiger partial charge on any atom is -0.258 e. The van der Waals surface area contributed by atoms with Gasteiger partial charge in [-0.3, -0.25) is 35.4 Å². The van der Waals surface area contributed by atoms with Crippen molar-refractivity contribution in [3.05, 3.63) is 113 Å². The molecular formula is C21H14ClN5O6. The predicted octanol–water partition coefficient (Wildman–Crippen LogP) is 5.42. The van der Waals surface area contributed by atoms with Crippen molar-refractivity contribution in [1.82, 2.24) is 0 Å². The Morgan fingerprint density at radius 2 is 1.42 bits per heavy atom. The lowest BCUT2D eigenvalue weighted by atomic mass is 9.98. The SMILES string of the molecule is O=[N+]([O-])c1ccc(C2CC(c3ccc(Cl)cc3)=NN2c2ccc([N+](=O)[O-])cc2[N+](=O)[O-])cc1. The second kappa shape index (κ2) is 8.63. The summed E-state index contributed by atoms with van der Waals surface area (Å²) in [6, 6.07) is 15.5. The summed E-state index contributed by atoms with van der Waals surface area (Å²) in [5.41, 5.74) is 1.08. The molecule has 0 saturated carbocycles. The van der Waals surface area contributed by atoms with E-state index in [2.05, 4.69) is 5.10 Å². The minimum absolute atomic E-state index is 0.0675. The van der Waals surface area contributed by atoms with Gasteiger partial charge in [0.05, 0.1) is 32.6 Å². The first-order valence-corrected chi connectivity index (χ1v) is 9.92. The van der Waals surface area contributed by atoms with Gasteiger partial charge in [0.2, 0.25) is 0 Å². The molecule has 0 N–H and O–H groups in total. The van der Waals surface area contributed by atoms with E-state index in [4.69, 9.17) is 11.6 Å². The van der Waals surface area contributed by atoms with Gasteiger partial charge in [-0.25, -0.2) is 0 Å². The molecule has 0 aromatic heterocycles. The fraction of sp³-hybridized carbons (Fsp3) is 0.0952. The molecule has 4 rings (SSSR count). The van der Waals surface area contributed by atoms with Crippen molar-refractivity contribution in [2.75, 3.05) is 5.01 Å². The van der Waals surface area contributed by atoms with Crippen LogP contribution >= 0.6 is 11.6 Å². The van der Waals surface area contributed by atoms with Crippen LogP contribution in [0.25, 0.3) is 0 Å². The van der Waals surface area contributed by atoms with Gasteiger partial charge in [0.15, 0.2) is 0 Å². The third-order valence-electron chi connectivity index (χ3n) is 5.19. The van der Waals surface area contributed by atoms with Crippen molar-refractivity contribution in [2.24, 2.45) is 5.10 Å². The molecule has 12 heteroatoms. The van der Waals surface area contributed by atoms with Gasteiger partial charge in [-0.15, -0.1) is 0 Å². The molecule has 33 heavy (non-hydrogen) atoms. The lowest BCUT2D eigenvalue weighted by molar-refractivity contribution is -0.393. The Morgan fingerprint density at radius 3 is 2.00 bits per heavy atom. The summed E-state index contributed by atoms with van der Waals surface area (Å²) in [7, 11) is 0. The largest absolute Gasteiger partial charge is 0.301 e. The molecule has 3 aromatic carbocycles. The van der Waals surface area contributed by atoms with Crippen molar-refractivity contribution in [3.63, 3.8) is 0 Å². The van der Waals surface area contributed by atoms with Crippen LogP contribution in [0, 0.1) is 30.3 Å². The van der Waals surface area contributed by atoms with Crippen molar-refractivity contribution < 1.29 is 14.8 Å². The summed E-state index contributed by atoms with van der Waals surface area (Å²) in [5.74, 6) is 0. The van der Waals surface area contributed by atoms with E-state index >= 15 is 0 Å². The zero-order chi connectivity index (χ0) is 23.7. The Labute approximate surface area is 191 Å². The second-order valence-electron chi connectivity index (χ2n) is 7.15. The summed E-state index contributed by atoms with van der Waals surface area (Å²) < 4.78 is 0. The normalized spacial score (nSPS) is 15.2. The zero-order valence-corrected chi connectivity index (χ0v) is 17.5. The number of non-ortho nitro benzene ring substituents is 2. The Balaban J connectivity index is 1.83. The molecule has 11 nitrogen and oxygen atoms in total. The van der Waals surface area contributed by atoms with E-state index in [1.807, 2.05) is 0 Å². The highest BCUT2D eigenvalue weighted by molar-refractivity contribution is 6.30. The van der Waals surface area contributed by atoms with Gasteiger partial charge in [0, 0.05) is 29.6 Å². The van der Waals surface area contributed by atoms with Gasteiger partial charge in [-0.1, -0.05) is 35.9 Å². The molecule has 0 saturated heterocycles. The molecule has 0 radical (unpaired) electrons. The number of nitro groups is 3. The number of nitro benzene ring substituents is 3. The van der Waals surface area contributed by atoms with E-state index in [9.17, 15) is 30.3 Å². The summed E-state index contributed by atoms with van der Waals surface area (Å²) in [6.45, 7) is 0. The lowest BCUT2D eigenvalue weighted by Crippen LogP contribution is -2.19. The number of benzene rings is 3. The Hall–Kier alpha value is -4.38. The molecule has 1 aliphatic rings. The highest BCUT2D eigenvalue weighted by atomic mass is 35.5. The predicted molar refractivity (Wildman–Crippen MR) is 121 cm³/mol. The van der Waals surface area contributed by atoms with Crippen LogP contribution in [0.5, 0.6) is 0 Å². The van der Waals surface area contributed by atoms with Gasteiger partial charge in [0.1, 0.15) is 5.69 Å². The molecular weight excluding hydrogens is 454 g/mol. The number of hydrazone groups is 1. The number of halogens is 1. The van der Waals surface area contributed by atoms with Gasteiger partial charge < -0.3 is 0 Å². The molecule has 1 heterocycles. The third kappa shape index (κ3) is 4.34. The van der Waals surface area contributed by atoms with Gasteiger partial charge in [0.25, 0.3) is 11.4 Å². The molecule has 0 spiro atoms. The molecule has 0 fully saturated rings. The van der Waals surface area contributed by atoms with Crippen LogP contribution in [0.2, 0.25) is 5.02 Å². The summed E-state index contributed by atoms with van der Waals surface area (Å²) in [5, 5.41) is 40.4.